The predicted octanol–water partition coefficient (Wildman–Crippen LogP) is 3.35. The summed E-state index contributed by atoms with van der Waals surface area (Å²) in [6.07, 6.45) is 5.04. The van der Waals surface area contributed by atoms with Crippen LogP contribution in [-0.4, -0.2) is 10.9 Å². The highest BCUT2D eigenvalue weighted by Gasteiger charge is 2.24. The second-order valence-corrected chi connectivity index (χ2v) is 5.22. The van der Waals surface area contributed by atoms with Crippen LogP contribution in [0.2, 0.25) is 0 Å². The van der Waals surface area contributed by atoms with Gasteiger partial charge in [-0.05, 0) is 38.2 Å². The topological polar surface area (TPSA) is 22.0 Å². The van der Waals surface area contributed by atoms with E-state index in [1.165, 1.54) is 25.0 Å². The first-order valence-electron chi connectivity index (χ1n) is 6.25. The van der Waals surface area contributed by atoms with Gasteiger partial charge < -0.3 is 4.57 Å². The van der Waals surface area contributed by atoms with Crippen LogP contribution in [0.1, 0.15) is 47.9 Å². The van der Waals surface area contributed by atoms with Crippen molar-refractivity contribution in [1.82, 2.24) is 4.57 Å². The summed E-state index contributed by atoms with van der Waals surface area (Å²) < 4.78 is 2.32. The zero-order valence-electron chi connectivity index (χ0n) is 10.5. The number of hydrogen-bond acceptors (Lipinski definition) is 1. The molecular weight excluding hydrogens is 198 g/mol. The summed E-state index contributed by atoms with van der Waals surface area (Å²) in [6, 6.07) is 2.00. The summed E-state index contributed by atoms with van der Waals surface area (Å²) in [4.78, 5) is 10.9. The van der Waals surface area contributed by atoms with E-state index >= 15 is 0 Å². The second-order valence-electron chi connectivity index (χ2n) is 5.22. The maximum Gasteiger partial charge on any atom is 0.151 e. The Morgan fingerprint density at radius 1 is 1.44 bits per heavy atom. The molecule has 0 N–H and O–H groups in total. The molecule has 1 aromatic rings. The van der Waals surface area contributed by atoms with E-state index in [0.29, 0.717) is 0 Å². The van der Waals surface area contributed by atoms with Crippen molar-refractivity contribution in [1.29, 1.82) is 0 Å². The van der Waals surface area contributed by atoms with Gasteiger partial charge in [-0.25, -0.2) is 0 Å². The van der Waals surface area contributed by atoms with Gasteiger partial charge in [0.1, 0.15) is 0 Å². The molecule has 1 fully saturated rings. The highest BCUT2D eigenvalue weighted by molar-refractivity contribution is 5.77. The van der Waals surface area contributed by atoms with Crippen LogP contribution in [0.3, 0.4) is 0 Å². The average Bonchev–Trinajstić information content (AvgIpc) is 2.77. The predicted molar refractivity (Wildman–Crippen MR) is 65.8 cm³/mol. The first-order chi connectivity index (χ1) is 7.63. The number of aryl methyl sites for hydroxylation is 1. The fraction of sp³-hybridized carbons (Fsp3) is 0.643. The molecule has 1 aliphatic rings. The molecule has 0 aliphatic heterocycles. The Morgan fingerprint density at radius 3 is 2.69 bits per heavy atom. The number of hydrogen-bond donors (Lipinski definition) is 0. The van der Waals surface area contributed by atoms with Gasteiger partial charge in [0.25, 0.3) is 0 Å². The summed E-state index contributed by atoms with van der Waals surface area (Å²) in [5.74, 6) is 1.63. The van der Waals surface area contributed by atoms with Crippen LogP contribution < -0.4 is 0 Å². The molecule has 0 spiro atoms. The molecule has 2 heteroatoms. The van der Waals surface area contributed by atoms with Crippen molar-refractivity contribution < 1.29 is 4.79 Å². The first-order valence-corrected chi connectivity index (χ1v) is 6.25. The van der Waals surface area contributed by atoms with Crippen LogP contribution in [0.15, 0.2) is 6.07 Å². The maximum atomic E-state index is 10.9. The van der Waals surface area contributed by atoms with Crippen molar-refractivity contribution >= 4 is 6.29 Å². The van der Waals surface area contributed by atoms with Gasteiger partial charge in [-0.2, -0.15) is 0 Å². The molecule has 1 saturated carbocycles. The molecule has 1 aromatic heterocycles. The minimum absolute atomic E-state index is 0.796. The number of nitrogens with zero attached hydrogens (tertiary/aromatic N) is 1. The van der Waals surface area contributed by atoms with Crippen LogP contribution in [0.25, 0.3) is 0 Å². The SMILES string of the molecule is Cc1cc(C=O)c(C)n1CC1CCCC1C. The summed E-state index contributed by atoms with van der Waals surface area (Å²) in [7, 11) is 0. The highest BCUT2D eigenvalue weighted by atomic mass is 16.1. The lowest BCUT2D eigenvalue weighted by Crippen LogP contribution is -2.15. The molecular formula is C14H21NO. The van der Waals surface area contributed by atoms with Crippen molar-refractivity contribution in [3.05, 3.63) is 23.0 Å². The molecule has 0 saturated heterocycles. The molecule has 2 rings (SSSR count). The lowest BCUT2D eigenvalue weighted by atomic mass is 9.98. The van der Waals surface area contributed by atoms with Gasteiger partial charge in [-0.15, -0.1) is 0 Å². The smallest absolute Gasteiger partial charge is 0.151 e. The van der Waals surface area contributed by atoms with Crippen LogP contribution >= 0.6 is 0 Å². The zero-order chi connectivity index (χ0) is 11.7. The third kappa shape index (κ3) is 1.93. The fourth-order valence-corrected chi connectivity index (χ4v) is 2.96. The Hall–Kier alpha value is -1.05. The second kappa shape index (κ2) is 4.44. The van der Waals surface area contributed by atoms with Crippen molar-refractivity contribution in [2.75, 3.05) is 0 Å². The van der Waals surface area contributed by atoms with Crippen molar-refractivity contribution in [2.45, 2.75) is 46.6 Å². The van der Waals surface area contributed by atoms with Gasteiger partial charge in [0.15, 0.2) is 6.29 Å². The lowest BCUT2D eigenvalue weighted by Gasteiger charge is -2.19. The number of carbonyl (C=O) groups excluding carboxylic acids is 1. The van der Waals surface area contributed by atoms with E-state index < -0.39 is 0 Å². The Kier molecular flexibility index (Phi) is 3.17. The van der Waals surface area contributed by atoms with Gasteiger partial charge >= 0.3 is 0 Å². The fourth-order valence-electron chi connectivity index (χ4n) is 2.96. The third-order valence-corrected chi connectivity index (χ3v) is 4.20. The van der Waals surface area contributed by atoms with Crippen LogP contribution in [0.5, 0.6) is 0 Å². The minimum atomic E-state index is 0.796. The van der Waals surface area contributed by atoms with Gasteiger partial charge in [0, 0.05) is 23.5 Å². The quantitative estimate of drug-likeness (QED) is 0.714. The van der Waals surface area contributed by atoms with E-state index in [1.807, 2.05) is 6.07 Å². The third-order valence-electron chi connectivity index (χ3n) is 4.20. The first kappa shape index (κ1) is 11.4. The largest absolute Gasteiger partial charge is 0.348 e. The zero-order valence-corrected chi connectivity index (χ0v) is 10.5. The molecule has 1 aliphatic carbocycles. The highest BCUT2D eigenvalue weighted by Crippen LogP contribution is 2.33. The Morgan fingerprint density at radius 2 is 2.19 bits per heavy atom. The van der Waals surface area contributed by atoms with Gasteiger partial charge in [-0.3, -0.25) is 4.79 Å². The van der Waals surface area contributed by atoms with E-state index in [4.69, 9.17) is 0 Å². The monoisotopic (exact) mass is 219 g/mol. The molecule has 0 bridgehead atoms. The molecule has 0 aromatic carbocycles. The maximum absolute atomic E-state index is 10.9. The summed E-state index contributed by atoms with van der Waals surface area (Å²) in [5, 5.41) is 0. The van der Waals surface area contributed by atoms with Gasteiger partial charge in [-0.1, -0.05) is 19.8 Å². The number of carbonyl (C=O) groups is 1. The van der Waals surface area contributed by atoms with Crippen LogP contribution in [0.4, 0.5) is 0 Å². The van der Waals surface area contributed by atoms with E-state index in [0.717, 1.165) is 35.9 Å². The Bertz CT molecular complexity index is 392. The average molecular weight is 219 g/mol. The molecule has 2 nitrogen and oxygen atoms in total. The van der Waals surface area contributed by atoms with Crippen molar-refractivity contribution in [2.24, 2.45) is 11.8 Å². The molecule has 1 heterocycles. The molecule has 2 unspecified atom stereocenters. The van der Waals surface area contributed by atoms with Gasteiger partial charge in [0.05, 0.1) is 0 Å². The van der Waals surface area contributed by atoms with Crippen molar-refractivity contribution in [3.63, 3.8) is 0 Å². The summed E-state index contributed by atoms with van der Waals surface area (Å²) in [6.45, 7) is 7.59. The lowest BCUT2D eigenvalue weighted by molar-refractivity contribution is 0.112. The van der Waals surface area contributed by atoms with E-state index in [1.54, 1.807) is 0 Å². The van der Waals surface area contributed by atoms with Crippen LogP contribution in [-0.2, 0) is 6.54 Å². The standard InChI is InChI=1S/C14H21NO/c1-10-5-4-6-13(10)8-15-11(2)7-14(9-16)12(15)3/h7,9-10,13H,4-6,8H2,1-3H3. The van der Waals surface area contributed by atoms with E-state index in [-0.39, 0.29) is 0 Å². The molecule has 0 radical (unpaired) electrons. The number of rotatable bonds is 3. The summed E-state index contributed by atoms with van der Waals surface area (Å²) in [5.41, 5.74) is 3.20. The number of aromatic nitrogens is 1. The van der Waals surface area contributed by atoms with E-state index in [2.05, 4.69) is 25.3 Å². The molecule has 16 heavy (non-hydrogen) atoms. The van der Waals surface area contributed by atoms with E-state index in [9.17, 15) is 4.79 Å². The summed E-state index contributed by atoms with van der Waals surface area (Å²) >= 11 is 0. The Balaban J connectivity index is 2.20. The normalized spacial score (nSPS) is 24.9. The number of aldehydes is 1. The Labute approximate surface area is 97.7 Å². The molecule has 88 valence electrons. The van der Waals surface area contributed by atoms with Crippen molar-refractivity contribution in [3.8, 4) is 0 Å². The van der Waals surface area contributed by atoms with Crippen LogP contribution in [0, 0.1) is 25.7 Å². The van der Waals surface area contributed by atoms with Gasteiger partial charge in [0.2, 0.25) is 0 Å². The molecule has 2 atom stereocenters. The molecule has 0 amide bonds. The minimum Gasteiger partial charge on any atom is -0.348 e.